The Morgan fingerprint density at radius 3 is 1.83 bits per heavy atom. The molecule has 0 aliphatic heterocycles. The largest absolute Gasteiger partial charge is 0.455 e. The van der Waals surface area contributed by atoms with Crippen molar-refractivity contribution in [3.8, 4) is 74.0 Å². The SMILES string of the molecule is N#Cc1ccccc1-c1ccc(-c2nc(-c3ccccc3)nc(-c3ccc4c(c3)oc3c(-c5nc(-c6ccccc6)c6sc7ccccc7c6n5)cccc34)n2)cc1. The molecule has 0 radical (unpaired) electrons. The van der Waals surface area contributed by atoms with E-state index in [4.69, 9.17) is 29.3 Å². The number of benzene rings is 7. The van der Waals surface area contributed by atoms with Gasteiger partial charge in [0.25, 0.3) is 0 Å². The Bertz CT molecular complexity index is 3410. The summed E-state index contributed by atoms with van der Waals surface area (Å²) in [6.07, 6.45) is 0. The van der Waals surface area contributed by atoms with E-state index < -0.39 is 0 Å². The van der Waals surface area contributed by atoms with E-state index in [9.17, 15) is 5.26 Å². The molecular formula is C50H28N6OS. The Kier molecular flexibility index (Phi) is 7.91. The zero-order valence-corrected chi connectivity index (χ0v) is 31.5. The predicted molar refractivity (Wildman–Crippen MR) is 233 cm³/mol. The van der Waals surface area contributed by atoms with Crippen molar-refractivity contribution in [3.05, 3.63) is 175 Å². The molecule has 58 heavy (non-hydrogen) atoms. The van der Waals surface area contributed by atoms with E-state index in [-0.39, 0.29) is 0 Å². The maximum Gasteiger partial charge on any atom is 0.164 e. The average molecular weight is 761 g/mol. The van der Waals surface area contributed by atoms with Crippen LogP contribution in [0.2, 0.25) is 0 Å². The van der Waals surface area contributed by atoms with Crippen LogP contribution in [0.15, 0.2) is 174 Å². The van der Waals surface area contributed by atoms with E-state index in [1.165, 1.54) is 4.70 Å². The Balaban J connectivity index is 1.04. The summed E-state index contributed by atoms with van der Waals surface area (Å²) in [6.45, 7) is 0. The Morgan fingerprint density at radius 2 is 1.05 bits per heavy atom. The van der Waals surface area contributed by atoms with Crippen molar-refractivity contribution in [2.75, 3.05) is 0 Å². The van der Waals surface area contributed by atoms with Crippen LogP contribution in [0.3, 0.4) is 0 Å². The number of rotatable bonds is 6. The van der Waals surface area contributed by atoms with Crippen molar-refractivity contribution in [2.24, 2.45) is 0 Å². The molecule has 270 valence electrons. The molecule has 8 heteroatoms. The van der Waals surface area contributed by atoms with Gasteiger partial charge in [-0.1, -0.05) is 140 Å². The molecule has 0 saturated heterocycles. The molecule has 7 nitrogen and oxygen atoms in total. The van der Waals surface area contributed by atoms with Gasteiger partial charge < -0.3 is 4.42 Å². The van der Waals surface area contributed by atoms with Gasteiger partial charge in [0.1, 0.15) is 11.2 Å². The highest BCUT2D eigenvalue weighted by Crippen LogP contribution is 2.42. The summed E-state index contributed by atoms with van der Waals surface area (Å²) >= 11 is 1.72. The second-order valence-electron chi connectivity index (χ2n) is 13.9. The summed E-state index contributed by atoms with van der Waals surface area (Å²) in [4.78, 5) is 25.4. The van der Waals surface area contributed by atoms with Crippen LogP contribution in [0.4, 0.5) is 0 Å². The van der Waals surface area contributed by atoms with Crippen molar-refractivity contribution in [2.45, 2.75) is 0 Å². The molecule has 0 aliphatic rings. The first-order valence-electron chi connectivity index (χ1n) is 18.8. The van der Waals surface area contributed by atoms with E-state index in [0.717, 1.165) is 71.0 Å². The van der Waals surface area contributed by atoms with Crippen molar-refractivity contribution in [3.63, 3.8) is 0 Å². The van der Waals surface area contributed by atoms with E-state index in [0.29, 0.717) is 40.0 Å². The molecule has 0 aliphatic carbocycles. The lowest BCUT2D eigenvalue weighted by atomic mass is 9.99. The highest BCUT2D eigenvalue weighted by molar-refractivity contribution is 7.26. The van der Waals surface area contributed by atoms with Crippen LogP contribution in [-0.2, 0) is 0 Å². The highest BCUT2D eigenvalue weighted by atomic mass is 32.1. The minimum atomic E-state index is 0.524. The standard InChI is InChI=1S/C50H28N6OS/c51-29-35-16-7-8-17-36(35)30-22-24-33(25-23-30)48-54-47(32-14-5-2-6-15-32)55-49(56-48)34-26-27-37-38-19-11-20-40(45(38)57-41(37)28-34)50-52-43(31-12-3-1-4-13-31)46-44(53-50)39-18-9-10-21-42(39)58-46/h1-28H. The lowest BCUT2D eigenvalue weighted by Crippen LogP contribution is -2.00. The van der Waals surface area contributed by atoms with Crippen LogP contribution >= 0.6 is 11.3 Å². The second kappa shape index (κ2) is 13.7. The molecule has 0 unspecified atom stereocenters. The molecule has 0 amide bonds. The number of para-hydroxylation sites is 1. The normalized spacial score (nSPS) is 11.4. The number of aromatic nitrogens is 5. The third kappa shape index (κ3) is 5.69. The maximum absolute atomic E-state index is 9.68. The molecule has 0 bridgehead atoms. The molecular weight excluding hydrogens is 733 g/mol. The van der Waals surface area contributed by atoms with Crippen LogP contribution in [0, 0.1) is 11.3 Å². The van der Waals surface area contributed by atoms with E-state index >= 15 is 0 Å². The smallest absolute Gasteiger partial charge is 0.164 e. The molecule has 0 atom stereocenters. The Hall–Kier alpha value is -7.86. The molecule has 0 spiro atoms. The fourth-order valence-corrected chi connectivity index (χ4v) is 8.75. The quantitative estimate of drug-likeness (QED) is 0.166. The predicted octanol–water partition coefficient (Wildman–Crippen LogP) is 12.8. The third-order valence-electron chi connectivity index (χ3n) is 10.4. The molecule has 7 aromatic carbocycles. The number of nitrogens with zero attached hydrogens (tertiary/aromatic N) is 6. The summed E-state index contributed by atoms with van der Waals surface area (Å²) in [5.41, 5.74) is 10.1. The van der Waals surface area contributed by atoms with Crippen LogP contribution in [0.1, 0.15) is 5.56 Å². The van der Waals surface area contributed by atoms with Crippen LogP contribution in [0.25, 0.3) is 110 Å². The molecule has 4 heterocycles. The van der Waals surface area contributed by atoms with E-state index in [1.807, 2.05) is 121 Å². The van der Waals surface area contributed by atoms with Crippen molar-refractivity contribution in [1.82, 2.24) is 24.9 Å². The maximum atomic E-state index is 9.68. The number of hydrogen-bond acceptors (Lipinski definition) is 8. The number of nitriles is 1. The van der Waals surface area contributed by atoms with Crippen LogP contribution in [-0.4, -0.2) is 24.9 Å². The molecule has 0 N–H and O–H groups in total. The fourth-order valence-electron chi connectivity index (χ4n) is 7.60. The van der Waals surface area contributed by atoms with Gasteiger partial charge in [0.2, 0.25) is 0 Å². The van der Waals surface area contributed by atoms with Gasteiger partial charge in [0, 0.05) is 43.1 Å². The van der Waals surface area contributed by atoms with Gasteiger partial charge in [0.05, 0.1) is 33.1 Å². The highest BCUT2D eigenvalue weighted by Gasteiger charge is 2.21. The first-order chi connectivity index (χ1) is 28.7. The Morgan fingerprint density at radius 1 is 0.448 bits per heavy atom. The summed E-state index contributed by atoms with van der Waals surface area (Å²) in [5.74, 6) is 2.24. The van der Waals surface area contributed by atoms with Gasteiger partial charge in [-0.2, -0.15) is 5.26 Å². The van der Waals surface area contributed by atoms with Crippen molar-refractivity contribution < 1.29 is 4.42 Å². The molecule has 11 aromatic rings. The molecule has 4 aromatic heterocycles. The number of thiophene rings is 1. The minimum absolute atomic E-state index is 0.524. The molecule has 0 saturated carbocycles. The summed E-state index contributed by atoms with van der Waals surface area (Å²) in [6, 6.07) is 58.7. The monoisotopic (exact) mass is 760 g/mol. The number of fused-ring (bicyclic) bond motifs is 6. The van der Waals surface area contributed by atoms with Gasteiger partial charge in [-0.3, -0.25) is 0 Å². The first kappa shape index (κ1) is 33.5. The number of furan rings is 1. The topological polar surface area (TPSA) is 101 Å². The first-order valence-corrected chi connectivity index (χ1v) is 19.6. The van der Waals surface area contributed by atoms with Crippen molar-refractivity contribution >= 4 is 53.6 Å². The minimum Gasteiger partial charge on any atom is -0.455 e. The molecule has 0 fully saturated rings. The van der Waals surface area contributed by atoms with Gasteiger partial charge in [-0.15, -0.1) is 11.3 Å². The fraction of sp³-hybridized carbons (Fsp3) is 0. The summed E-state index contributed by atoms with van der Waals surface area (Å²) in [5, 5.41) is 12.7. The molecule has 11 rings (SSSR count). The zero-order valence-electron chi connectivity index (χ0n) is 30.7. The van der Waals surface area contributed by atoms with Gasteiger partial charge in [0.15, 0.2) is 23.3 Å². The third-order valence-corrected chi connectivity index (χ3v) is 11.6. The van der Waals surface area contributed by atoms with Gasteiger partial charge >= 0.3 is 0 Å². The average Bonchev–Trinajstić information content (AvgIpc) is 3.87. The van der Waals surface area contributed by atoms with Gasteiger partial charge in [-0.05, 0) is 41.5 Å². The van der Waals surface area contributed by atoms with Crippen LogP contribution in [0.5, 0.6) is 0 Å². The second-order valence-corrected chi connectivity index (χ2v) is 15.0. The lowest BCUT2D eigenvalue weighted by molar-refractivity contribution is 0.669. The Labute approximate surface area is 336 Å². The van der Waals surface area contributed by atoms with Crippen LogP contribution < -0.4 is 0 Å². The number of hydrogen-bond donors (Lipinski definition) is 0. The summed E-state index contributed by atoms with van der Waals surface area (Å²) in [7, 11) is 0. The lowest BCUT2D eigenvalue weighted by Gasteiger charge is -2.09. The summed E-state index contributed by atoms with van der Waals surface area (Å²) < 4.78 is 8.99. The van der Waals surface area contributed by atoms with Gasteiger partial charge in [-0.25, -0.2) is 24.9 Å². The van der Waals surface area contributed by atoms with E-state index in [1.54, 1.807) is 11.3 Å². The van der Waals surface area contributed by atoms with E-state index in [2.05, 4.69) is 54.6 Å². The zero-order chi connectivity index (χ0) is 38.6. The van der Waals surface area contributed by atoms with Crippen molar-refractivity contribution in [1.29, 1.82) is 5.26 Å².